The van der Waals surface area contributed by atoms with Gasteiger partial charge in [0.1, 0.15) is 5.01 Å². The summed E-state index contributed by atoms with van der Waals surface area (Å²) in [7, 11) is 1.93. The molecule has 0 saturated heterocycles. The fraction of sp³-hybridized carbons (Fsp3) is 0.500. The summed E-state index contributed by atoms with van der Waals surface area (Å²) < 4.78 is 1.86. The van der Waals surface area contributed by atoms with Crippen molar-refractivity contribution in [1.82, 2.24) is 20.1 Å². The van der Waals surface area contributed by atoms with Crippen LogP contribution in [0.25, 0.3) is 0 Å². The molecule has 0 radical (unpaired) electrons. The standard InChI is InChI=1S/C14H20N4OS/c1-9-8-20-14(16-9)7-15-13(19)6-5-12-10(2)17-18(4)11(12)3/h8H,5-7H2,1-4H3,(H,15,19). The average molecular weight is 292 g/mol. The number of carbonyl (C=O) groups excluding carboxylic acids is 1. The molecule has 0 aliphatic carbocycles. The molecule has 20 heavy (non-hydrogen) atoms. The Hall–Kier alpha value is -1.69. The molecule has 0 saturated carbocycles. The molecule has 0 spiro atoms. The third kappa shape index (κ3) is 3.45. The Bertz CT molecular complexity index is 615. The number of nitrogens with one attached hydrogen (secondary N) is 1. The van der Waals surface area contributed by atoms with Crippen LogP contribution in [0, 0.1) is 20.8 Å². The molecule has 2 aromatic rings. The first-order valence-corrected chi connectivity index (χ1v) is 7.52. The van der Waals surface area contributed by atoms with Crippen molar-refractivity contribution in [3.63, 3.8) is 0 Å². The molecular formula is C14H20N4OS. The summed E-state index contributed by atoms with van der Waals surface area (Å²) in [6.45, 7) is 6.49. The summed E-state index contributed by atoms with van der Waals surface area (Å²) in [4.78, 5) is 16.2. The predicted molar refractivity (Wildman–Crippen MR) is 79.7 cm³/mol. The average Bonchev–Trinajstić information content (AvgIpc) is 2.91. The van der Waals surface area contributed by atoms with E-state index in [1.54, 1.807) is 11.3 Å². The molecule has 2 aromatic heterocycles. The lowest BCUT2D eigenvalue weighted by atomic mass is 10.1. The number of rotatable bonds is 5. The summed E-state index contributed by atoms with van der Waals surface area (Å²) in [6.07, 6.45) is 1.21. The van der Waals surface area contributed by atoms with Crippen LogP contribution < -0.4 is 5.32 Å². The zero-order valence-electron chi connectivity index (χ0n) is 12.4. The van der Waals surface area contributed by atoms with E-state index in [9.17, 15) is 4.79 Å². The minimum Gasteiger partial charge on any atom is -0.350 e. The Kier molecular flexibility index (Phi) is 4.54. The van der Waals surface area contributed by atoms with Crippen molar-refractivity contribution in [2.75, 3.05) is 0 Å². The number of hydrogen-bond donors (Lipinski definition) is 1. The van der Waals surface area contributed by atoms with Crippen LogP contribution in [-0.2, 0) is 24.8 Å². The van der Waals surface area contributed by atoms with Gasteiger partial charge in [0.2, 0.25) is 5.91 Å². The zero-order valence-corrected chi connectivity index (χ0v) is 13.2. The molecule has 108 valence electrons. The van der Waals surface area contributed by atoms with E-state index in [0.717, 1.165) is 28.5 Å². The Labute approximate surface area is 123 Å². The van der Waals surface area contributed by atoms with Crippen molar-refractivity contribution < 1.29 is 4.79 Å². The Balaban J connectivity index is 1.83. The van der Waals surface area contributed by atoms with Crippen LogP contribution in [0.15, 0.2) is 5.38 Å². The Morgan fingerprint density at radius 1 is 1.40 bits per heavy atom. The molecule has 2 rings (SSSR count). The van der Waals surface area contributed by atoms with E-state index >= 15 is 0 Å². The molecule has 6 heteroatoms. The SMILES string of the molecule is Cc1csc(CNC(=O)CCc2c(C)nn(C)c2C)n1. The van der Waals surface area contributed by atoms with Gasteiger partial charge in [-0.05, 0) is 32.8 Å². The summed E-state index contributed by atoms with van der Waals surface area (Å²) >= 11 is 1.58. The number of nitrogens with zero attached hydrogens (tertiary/aromatic N) is 3. The van der Waals surface area contributed by atoms with Crippen molar-refractivity contribution in [2.24, 2.45) is 7.05 Å². The van der Waals surface area contributed by atoms with Gasteiger partial charge in [-0.15, -0.1) is 11.3 Å². The number of hydrogen-bond acceptors (Lipinski definition) is 4. The van der Waals surface area contributed by atoms with Gasteiger partial charge >= 0.3 is 0 Å². The number of amides is 1. The van der Waals surface area contributed by atoms with Crippen molar-refractivity contribution >= 4 is 17.2 Å². The third-order valence-electron chi connectivity index (χ3n) is 3.36. The van der Waals surface area contributed by atoms with E-state index in [1.165, 1.54) is 5.56 Å². The van der Waals surface area contributed by atoms with Crippen LogP contribution in [0.5, 0.6) is 0 Å². The molecule has 0 aliphatic heterocycles. The molecule has 5 nitrogen and oxygen atoms in total. The fourth-order valence-corrected chi connectivity index (χ4v) is 2.88. The summed E-state index contributed by atoms with van der Waals surface area (Å²) in [5.74, 6) is 0.0560. The monoisotopic (exact) mass is 292 g/mol. The number of aromatic nitrogens is 3. The first kappa shape index (κ1) is 14.7. The van der Waals surface area contributed by atoms with E-state index < -0.39 is 0 Å². The maximum Gasteiger partial charge on any atom is 0.220 e. The molecule has 0 fully saturated rings. The topological polar surface area (TPSA) is 59.8 Å². The quantitative estimate of drug-likeness (QED) is 0.917. The second-order valence-corrected chi connectivity index (χ2v) is 5.87. The van der Waals surface area contributed by atoms with Gasteiger partial charge in [-0.25, -0.2) is 4.98 Å². The van der Waals surface area contributed by atoms with E-state index in [1.807, 2.05) is 37.9 Å². The fourth-order valence-electron chi connectivity index (χ4n) is 2.16. The van der Waals surface area contributed by atoms with E-state index in [-0.39, 0.29) is 5.91 Å². The van der Waals surface area contributed by atoms with Crippen LogP contribution in [-0.4, -0.2) is 20.7 Å². The van der Waals surface area contributed by atoms with Crippen LogP contribution in [0.2, 0.25) is 0 Å². The van der Waals surface area contributed by atoms with Gasteiger partial charge in [-0.2, -0.15) is 5.10 Å². The number of aryl methyl sites for hydroxylation is 3. The van der Waals surface area contributed by atoms with Crippen LogP contribution in [0.4, 0.5) is 0 Å². The Morgan fingerprint density at radius 2 is 2.15 bits per heavy atom. The minimum atomic E-state index is 0.0560. The van der Waals surface area contributed by atoms with Gasteiger partial charge in [0.25, 0.3) is 0 Å². The highest BCUT2D eigenvalue weighted by Gasteiger charge is 2.11. The molecule has 0 aliphatic rings. The highest BCUT2D eigenvalue weighted by atomic mass is 32.1. The van der Waals surface area contributed by atoms with Crippen LogP contribution >= 0.6 is 11.3 Å². The summed E-state index contributed by atoms with van der Waals surface area (Å²) in [5, 5.41) is 10.2. The number of carbonyl (C=O) groups is 1. The lowest BCUT2D eigenvalue weighted by molar-refractivity contribution is -0.121. The van der Waals surface area contributed by atoms with E-state index in [2.05, 4.69) is 15.4 Å². The van der Waals surface area contributed by atoms with E-state index in [0.29, 0.717) is 13.0 Å². The van der Waals surface area contributed by atoms with Gasteiger partial charge in [0.05, 0.1) is 12.2 Å². The smallest absolute Gasteiger partial charge is 0.220 e. The lowest BCUT2D eigenvalue weighted by Gasteiger charge is -2.04. The van der Waals surface area contributed by atoms with Crippen molar-refractivity contribution in [2.45, 2.75) is 40.2 Å². The molecule has 2 heterocycles. The predicted octanol–water partition coefficient (Wildman–Crippen LogP) is 2.05. The largest absolute Gasteiger partial charge is 0.350 e. The van der Waals surface area contributed by atoms with Gasteiger partial charge in [-0.1, -0.05) is 0 Å². The first-order valence-electron chi connectivity index (χ1n) is 6.64. The first-order chi connectivity index (χ1) is 9.47. The molecule has 1 N–H and O–H groups in total. The van der Waals surface area contributed by atoms with Gasteiger partial charge < -0.3 is 5.32 Å². The minimum absolute atomic E-state index is 0.0560. The molecule has 0 unspecified atom stereocenters. The van der Waals surface area contributed by atoms with Gasteiger partial charge in [0, 0.05) is 30.2 Å². The Morgan fingerprint density at radius 3 is 2.70 bits per heavy atom. The second-order valence-electron chi connectivity index (χ2n) is 4.93. The normalized spacial score (nSPS) is 10.8. The molecule has 0 bridgehead atoms. The maximum atomic E-state index is 11.9. The highest BCUT2D eigenvalue weighted by molar-refractivity contribution is 7.09. The third-order valence-corrected chi connectivity index (χ3v) is 4.33. The van der Waals surface area contributed by atoms with E-state index in [4.69, 9.17) is 0 Å². The van der Waals surface area contributed by atoms with Crippen molar-refractivity contribution in [3.05, 3.63) is 33.0 Å². The molecule has 1 amide bonds. The molecular weight excluding hydrogens is 272 g/mol. The van der Waals surface area contributed by atoms with Gasteiger partial charge in [-0.3, -0.25) is 9.48 Å². The van der Waals surface area contributed by atoms with Crippen molar-refractivity contribution in [1.29, 1.82) is 0 Å². The zero-order chi connectivity index (χ0) is 14.7. The lowest BCUT2D eigenvalue weighted by Crippen LogP contribution is -2.23. The van der Waals surface area contributed by atoms with Crippen LogP contribution in [0.1, 0.15) is 34.1 Å². The second kappa shape index (κ2) is 6.17. The highest BCUT2D eigenvalue weighted by Crippen LogP contribution is 2.14. The summed E-state index contributed by atoms with van der Waals surface area (Å²) in [5.41, 5.74) is 4.31. The molecule has 0 atom stereocenters. The molecule has 0 aromatic carbocycles. The van der Waals surface area contributed by atoms with Crippen molar-refractivity contribution in [3.8, 4) is 0 Å². The number of thiazole rings is 1. The van der Waals surface area contributed by atoms with Gasteiger partial charge in [0.15, 0.2) is 0 Å². The van der Waals surface area contributed by atoms with Crippen LogP contribution in [0.3, 0.4) is 0 Å². The summed E-state index contributed by atoms with van der Waals surface area (Å²) in [6, 6.07) is 0. The maximum absolute atomic E-state index is 11.9.